The molecule has 0 unspecified atom stereocenters. The first-order chi connectivity index (χ1) is 10.1. The number of hydrogen-bond acceptors (Lipinski definition) is 5. The second-order valence-electron chi connectivity index (χ2n) is 4.21. The number of nitrogens with one attached hydrogen (secondary N) is 1. The number of thioether (sulfide) groups is 1. The fourth-order valence-corrected chi connectivity index (χ4v) is 2.42. The number of carbonyl (C=O) groups is 2. The first-order valence-electron chi connectivity index (χ1n) is 6.11. The zero-order valence-electron chi connectivity index (χ0n) is 11.0. The zero-order chi connectivity index (χ0) is 15.2. The highest BCUT2D eigenvalue weighted by Crippen LogP contribution is 2.27. The average Bonchev–Trinajstić information content (AvgIpc) is 2.93. The lowest BCUT2D eigenvalue weighted by molar-refractivity contribution is -0.115. The Bertz CT molecular complexity index is 654. The van der Waals surface area contributed by atoms with Gasteiger partial charge in [-0.3, -0.25) is 4.79 Å². The molecule has 21 heavy (non-hydrogen) atoms. The van der Waals surface area contributed by atoms with Gasteiger partial charge >= 0.3 is 5.97 Å². The van der Waals surface area contributed by atoms with Crippen molar-refractivity contribution >= 4 is 29.3 Å². The van der Waals surface area contributed by atoms with Crippen LogP contribution in [0.15, 0.2) is 45.9 Å². The highest BCUT2D eigenvalue weighted by Gasteiger charge is 2.09. The molecule has 1 aromatic carbocycles. The van der Waals surface area contributed by atoms with Crippen LogP contribution >= 0.6 is 11.8 Å². The van der Waals surface area contributed by atoms with Crippen molar-refractivity contribution in [2.45, 2.75) is 11.4 Å². The number of anilines is 1. The first-order valence-corrected chi connectivity index (χ1v) is 7.09. The molecular formula is C14H14N2O4S. The Kier molecular flexibility index (Phi) is 4.89. The van der Waals surface area contributed by atoms with Crippen molar-refractivity contribution < 1.29 is 19.1 Å². The van der Waals surface area contributed by atoms with E-state index >= 15 is 0 Å². The van der Waals surface area contributed by atoms with Crippen LogP contribution in [-0.2, 0) is 11.3 Å². The third kappa shape index (κ3) is 4.28. The summed E-state index contributed by atoms with van der Waals surface area (Å²) in [6.07, 6.45) is 1.20. The molecule has 2 aromatic rings. The van der Waals surface area contributed by atoms with E-state index in [0.29, 0.717) is 12.3 Å². The number of primary amides is 1. The molecule has 0 saturated heterocycles. The molecule has 1 heterocycles. The van der Waals surface area contributed by atoms with Gasteiger partial charge in [-0.25, -0.2) is 4.79 Å². The van der Waals surface area contributed by atoms with Crippen LogP contribution in [0.25, 0.3) is 0 Å². The molecule has 4 N–H and O–H groups in total. The molecule has 7 heteroatoms. The quantitative estimate of drug-likeness (QED) is 0.677. The Morgan fingerprint density at radius 1 is 1.33 bits per heavy atom. The minimum atomic E-state index is -1.03. The summed E-state index contributed by atoms with van der Waals surface area (Å²) in [5.41, 5.74) is 6.08. The predicted molar refractivity (Wildman–Crippen MR) is 79.4 cm³/mol. The Morgan fingerprint density at radius 3 is 2.76 bits per heavy atom. The van der Waals surface area contributed by atoms with Crippen LogP contribution in [-0.4, -0.2) is 22.7 Å². The molecule has 0 aliphatic rings. The normalized spacial score (nSPS) is 10.3. The van der Waals surface area contributed by atoms with E-state index in [1.165, 1.54) is 24.1 Å². The number of carbonyl (C=O) groups excluding carboxylic acids is 1. The minimum absolute atomic E-state index is 0.114. The molecule has 1 amide bonds. The molecule has 0 fully saturated rings. The summed E-state index contributed by atoms with van der Waals surface area (Å²) in [5, 5.41) is 12.0. The van der Waals surface area contributed by atoms with Crippen molar-refractivity contribution in [1.29, 1.82) is 0 Å². The van der Waals surface area contributed by atoms with Crippen LogP contribution in [0, 0.1) is 0 Å². The van der Waals surface area contributed by atoms with Crippen molar-refractivity contribution in [3.63, 3.8) is 0 Å². The minimum Gasteiger partial charge on any atom is -0.478 e. The Morgan fingerprint density at radius 2 is 2.10 bits per heavy atom. The largest absolute Gasteiger partial charge is 0.478 e. The lowest BCUT2D eigenvalue weighted by Gasteiger charge is -2.09. The molecule has 0 spiro atoms. The summed E-state index contributed by atoms with van der Waals surface area (Å²) in [4.78, 5) is 22.5. The van der Waals surface area contributed by atoms with Gasteiger partial charge in [0.2, 0.25) is 5.91 Å². The van der Waals surface area contributed by atoms with Crippen LogP contribution in [0.1, 0.15) is 16.1 Å². The number of benzene rings is 1. The van der Waals surface area contributed by atoms with E-state index in [4.69, 9.17) is 15.3 Å². The number of para-hydroxylation sites is 1. The van der Waals surface area contributed by atoms with Gasteiger partial charge in [0, 0.05) is 10.6 Å². The summed E-state index contributed by atoms with van der Waals surface area (Å²) in [5.74, 6) is -0.695. The molecule has 0 atom stereocenters. The number of carboxylic acid groups (broad SMARTS) is 1. The number of amides is 1. The molecular weight excluding hydrogens is 292 g/mol. The molecule has 0 aliphatic heterocycles. The van der Waals surface area contributed by atoms with E-state index in [2.05, 4.69) is 5.32 Å². The van der Waals surface area contributed by atoms with Gasteiger partial charge in [-0.2, -0.15) is 0 Å². The monoisotopic (exact) mass is 306 g/mol. The molecule has 0 bridgehead atoms. The van der Waals surface area contributed by atoms with Crippen LogP contribution in [0.2, 0.25) is 0 Å². The maximum atomic E-state index is 10.8. The van der Waals surface area contributed by atoms with Crippen LogP contribution < -0.4 is 11.1 Å². The summed E-state index contributed by atoms with van der Waals surface area (Å²) in [7, 11) is 0. The average molecular weight is 306 g/mol. The van der Waals surface area contributed by atoms with E-state index in [1.807, 2.05) is 24.3 Å². The summed E-state index contributed by atoms with van der Waals surface area (Å²) >= 11 is 1.34. The highest BCUT2D eigenvalue weighted by atomic mass is 32.2. The summed E-state index contributed by atoms with van der Waals surface area (Å²) in [6.45, 7) is 0.349. The van der Waals surface area contributed by atoms with Gasteiger partial charge < -0.3 is 20.6 Å². The number of carboxylic acids is 1. The molecule has 6 nitrogen and oxygen atoms in total. The number of nitrogens with two attached hydrogens (primary N) is 1. The second-order valence-corrected chi connectivity index (χ2v) is 5.23. The maximum absolute atomic E-state index is 10.8. The first kappa shape index (κ1) is 15.0. The smallest absolute Gasteiger partial charge is 0.338 e. The molecule has 1 aromatic heterocycles. The highest BCUT2D eigenvalue weighted by molar-refractivity contribution is 8.00. The van der Waals surface area contributed by atoms with Gasteiger partial charge in [0.1, 0.15) is 12.0 Å². The van der Waals surface area contributed by atoms with E-state index in [-0.39, 0.29) is 17.2 Å². The van der Waals surface area contributed by atoms with Crippen molar-refractivity contribution in [3.8, 4) is 0 Å². The van der Waals surface area contributed by atoms with E-state index in [0.717, 1.165) is 10.6 Å². The van der Waals surface area contributed by atoms with Crippen molar-refractivity contribution in [1.82, 2.24) is 0 Å². The molecule has 0 saturated carbocycles. The van der Waals surface area contributed by atoms with E-state index in [1.54, 1.807) is 0 Å². The van der Waals surface area contributed by atoms with Crippen molar-refractivity contribution in [2.24, 2.45) is 5.73 Å². The van der Waals surface area contributed by atoms with Gasteiger partial charge in [0.25, 0.3) is 0 Å². The predicted octanol–water partition coefficient (Wildman–Crippen LogP) is 2.17. The number of aromatic carboxylic acids is 1. The fourth-order valence-electron chi connectivity index (χ4n) is 1.66. The molecule has 110 valence electrons. The third-order valence-electron chi connectivity index (χ3n) is 2.61. The van der Waals surface area contributed by atoms with Gasteiger partial charge in [-0.15, -0.1) is 11.8 Å². The Labute approximate surface area is 125 Å². The number of hydrogen-bond donors (Lipinski definition) is 3. The van der Waals surface area contributed by atoms with E-state index < -0.39 is 5.97 Å². The van der Waals surface area contributed by atoms with Crippen molar-refractivity contribution in [3.05, 3.63) is 47.9 Å². The molecule has 0 aliphatic carbocycles. The SMILES string of the molecule is NC(=O)CSc1ccccc1NCc1cc(C(=O)O)co1. The van der Waals surface area contributed by atoms with Gasteiger partial charge in [-0.1, -0.05) is 12.1 Å². The Balaban J connectivity index is 2.01. The number of rotatable bonds is 7. The van der Waals surface area contributed by atoms with Crippen LogP contribution in [0.5, 0.6) is 0 Å². The molecule has 0 radical (unpaired) electrons. The fraction of sp³-hybridized carbons (Fsp3) is 0.143. The maximum Gasteiger partial charge on any atom is 0.338 e. The standard InChI is InChI=1S/C14H14N2O4S/c15-13(17)8-21-12-4-2-1-3-11(12)16-6-10-5-9(7-20-10)14(18)19/h1-5,7,16H,6,8H2,(H2,15,17)(H,18,19). The van der Waals surface area contributed by atoms with Crippen LogP contribution in [0.3, 0.4) is 0 Å². The third-order valence-corrected chi connectivity index (χ3v) is 3.71. The summed E-state index contributed by atoms with van der Waals surface area (Å²) < 4.78 is 5.16. The lowest BCUT2D eigenvalue weighted by atomic mass is 10.3. The second kappa shape index (κ2) is 6.85. The van der Waals surface area contributed by atoms with Gasteiger partial charge in [0.15, 0.2) is 0 Å². The van der Waals surface area contributed by atoms with Gasteiger partial charge in [-0.05, 0) is 18.2 Å². The zero-order valence-corrected chi connectivity index (χ0v) is 11.9. The van der Waals surface area contributed by atoms with Gasteiger partial charge in [0.05, 0.1) is 17.9 Å². The van der Waals surface area contributed by atoms with Crippen molar-refractivity contribution in [2.75, 3.05) is 11.1 Å². The van der Waals surface area contributed by atoms with Crippen LogP contribution in [0.4, 0.5) is 5.69 Å². The molecule has 2 rings (SSSR count). The Hall–Kier alpha value is -2.41. The van der Waals surface area contributed by atoms with E-state index in [9.17, 15) is 9.59 Å². The lowest BCUT2D eigenvalue weighted by Crippen LogP contribution is -2.13. The number of furan rings is 1. The summed E-state index contributed by atoms with van der Waals surface area (Å²) in [6, 6.07) is 8.94. The topological polar surface area (TPSA) is 106 Å².